The number of fused-ring (bicyclic) bond motifs is 1. The lowest BCUT2D eigenvalue weighted by Crippen LogP contribution is -2.08. The highest BCUT2D eigenvalue weighted by Crippen LogP contribution is 2.32. The summed E-state index contributed by atoms with van der Waals surface area (Å²) < 4.78 is 5.52. The van der Waals surface area contributed by atoms with Crippen LogP contribution in [0, 0.1) is 11.3 Å². The Kier molecular flexibility index (Phi) is 3.27. The molecule has 0 bridgehead atoms. The predicted octanol–water partition coefficient (Wildman–Crippen LogP) is 2.76. The van der Waals surface area contributed by atoms with Crippen molar-refractivity contribution in [3.63, 3.8) is 0 Å². The van der Waals surface area contributed by atoms with E-state index in [1.807, 2.05) is 49.4 Å². The number of benzene rings is 2. The SMILES string of the molecule is C[C@@H](N)c1ccc2ccccc2c1OCC#N. The van der Waals surface area contributed by atoms with Gasteiger partial charge in [0.25, 0.3) is 0 Å². The van der Waals surface area contributed by atoms with Crippen LogP contribution < -0.4 is 10.5 Å². The summed E-state index contributed by atoms with van der Waals surface area (Å²) in [6, 6.07) is 13.8. The molecule has 1 atom stereocenters. The van der Waals surface area contributed by atoms with Crippen LogP contribution in [0.2, 0.25) is 0 Å². The van der Waals surface area contributed by atoms with Gasteiger partial charge in [-0.3, -0.25) is 0 Å². The van der Waals surface area contributed by atoms with Crippen molar-refractivity contribution in [2.45, 2.75) is 13.0 Å². The molecule has 0 saturated carbocycles. The van der Waals surface area contributed by atoms with Crippen LogP contribution in [0.3, 0.4) is 0 Å². The molecule has 3 nitrogen and oxygen atoms in total. The second kappa shape index (κ2) is 4.86. The van der Waals surface area contributed by atoms with Crippen LogP contribution in [0.15, 0.2) is 36.4 Å². The topological polar surface area (TPSA) is 59.0 Å². The average Bonchev–Trinajstić information content (AvgIpc) is 2.35. The van der Waals surface area contributed by atoms with Gasteiger partial charge in [0.1, 0.15) is 11.8 Å². The minimum atomic E-state index is -0.117. The lowest BCUT2D eigenvalue weighted by molar-refractivity contribution is 0.366. The Hall–Kier alpha value is -2.05. The van der Waals surface area contributed by atoms with Gasteiger partial charge in [0, 0.05) is 17.0 Å². The molecular formula is C14H14N2O. The van der Waals surface area contributed by atoms with E-state index in [2.05, 4.69) is 0 Å². The molecule has 2 aromatic carbocycles. The van der Waals surface area contributed by atoms with Crippen molar-refractivity contribution in [2.75, 3.05) is 6.61 Å². The van der Waals surface area contributed by atoms with Crippen molar-refractivity contribution in [3.8, 4) is 11.8 Å². The van der Waals surface area contributed by atoms with Gasteiger partial charge >= 0.3 is 0 Å². The van der Waals surface area contributed by atoms with E-state index in [0.717, 1.165) is 22.1 Å². The van der Waals surface area contributed by atoms with E-state index < -0.39 is 0 Å². The van der Waals surface area contributed by atoms with Gasteiger partial charge in [-0.15, -0.1) is 0 Å². The first-order valence-corrected chi connectivity index (χ1v) is 5.51. The summed E-state index contributed by atoms with van der Waals surface area (Å²) in [7, 11) is 0. The molecule has 0 saturated heterocycles. The van der Waals surface area contributed by atoms with E-state index in [1.54, 1.807) is 0 Å². The molecule has 0 fully saturated rings. The maximum atomic E-state index is 8.62. The Morgan fingerprint density at radius 1 is 1.29 bits per heavy atom. The molecule has 0 amide bonds. The van der Waals surface area contributed by atoms with Crippen LogP contribution in [0.4, 0.5) is 0 Å². The maximum Gasteiger partial charge on any atom is 0.174 e. The summed E-state index contributed by atoms with van der Waals surface area (Å²) in [6.07, 6.45) is 0. The normalized spacial score (nSPS) is 12.1. The van der Waals surface area contributed by atoms with E-state index in [-0.39, 0.29) is 12.6 Å². The number of nitriles is 1. The molecule has 17 heavy (non-hydrogen) atoms. The molecule has 2 N–H and O–H groups in total. The van der Waals surface area contributed by atoms with E-state index >= 15 is 0 Å². The number of hydrogen-bond acceptors (Lipinski definition) is 3. The fourth-order valence-electron chi connectivity index (χ4n) is 1.88. The fraction of sp³-hybridized carbons (Fsp3) is 0.214. The number of rotatable bonds is 3. The second-order valence-corrected chi connectivity index (χ2v) is 3.94. The summed E-state index contributed by atoms with van der Waals surface area (Å²) in [5.74, 6) is 0.722. The zero-order chi connectivity index (χ0) is 12.3. The van der Waals surface area contributed by atoms with Crippen molar-refractivity contribution in [1.29, 1.82) is 5.26 Å². The van der Waals surface area contributed by atoms with Crippen LogP contribution in [-0.2, 0) is 0 Å². The maximum absolute atomic E-state index is 8.62. The third-order valence-electron chi connectivity index (χ3n) is 2.68. The highest BCUT2D eigenvalue weighted by atomic mass is 16.5. The average molecular weight is 226 g/mol. The summed E-state index contributed by atoms with van der Waals surface area (Å²) >= 11 is 0. The van der Waals surface area contributed by atoms with Crippen molar-refractivity contribution in [2.24, 2.45) is 5.73 Å². The van der Waals surface area contributed by atoms with Gasteiger partial charge in [-0.25, -0.2) is 0 Å². The predicted molar refractivity (Wildman–Crippen MR) is 67.7 cm³/mol. The Morgan fingerprint density at radius 2 is 2.06 bits per heavy atom. The second-order valence-electron chi connectivity index (χ2n) is 3.94. The van der Waals surface area contributed by atoms with Crippen molar-refractivity contribution >= 4 is 10.8 Å². The van der Waals surface area contributed by atoms with Gasteiger partial charge in [-0.05, 0) is 12.3 Å². The third kappa shape index (κ3) is 2.22. The largest absolute Gasteiger partial charge is 0.478 e. The van der Waals surface area contributed by atoms with E-state index in [0.29, 0.717) is 0 Å². The molecule has 0 aliphatic heterocycles. The number of nitrogens with zero attached hydrogens (tertiary/aromatic N) is 1. The first-order chi connectivity index (χ1) is 8.24. The molecule has 0 aliphatic carbocycles. The number of hydrogen-bond donors (Lipinski definition) is 1. The van der Waals surface area contributed by atoms with E-state index in [4.69, 9.17) is 15.7 Å². The van der Waals surface area contributed by atoms with Gasteiger partial charge in [0.05, 0.1) is 0 Å². The Balaban J connectivity index is 2.62. The fourth-order valence-corrected chi connectivity index (χ4v) is 1.88. The zero-order valence-corrected chi connectivity index (χ0v) is 9.68. The first kappa shape index (κ1) is 11.4. The molecular weight excluding hydrogens is 212 g/mol. The standard InChI is InChI=1S/C14H14N2O/c1-10(16)12-7-6-11-4-2-3-5-13(11)14(12)17-9-8-15/h2-7,10H,9,16H2,1H3/t10-/m1/s1. The van der Waals surface area contributed by atoms with Crippen LogP contribution >= 0.6 is 0 Å². The quantitative estimate of drug-likeness (QED) is 0.875. The van der Waals surface area contributed by atoms with Gasteiger partial charge in [0.2, 0.25) is 0 Å². The van der Waals surface area contributed by atoms with Crippen LogP contribution in [0.1, 0.15) is 18.5 Å². The molecule has 0 unspecified atom stereocenters. The van der Waals surface area contributed by atoms with E-state index in [1.165, 1.54) is 0 Å². The summed E-state index contributed by atoms with van der Waals surface area (Å²) in [5, 5.41) is 10.7. The molecule has 3 heteroatoms. The molecule has 0 spiro atoms. The monoisotopic (exact) mass is 226 g/mol. The first-order valence-electron chi connectivity index (χ1n) is 5.51. The minimum absolute atomic E-state index is 0.0354. The molecule has 2 rings (SSSR count). The zero-order valence-electron chi connectivity index (χ0n) is 9.68. The minimum Gasteiger partial charge on any atom is -0.478 e. The van der Waals surface area contributed by atoms with E-state index in [9.17, 15) is 0 Å². The molecule has 0 radical (unpaired) electrons. The van der Waals surface area contributed by atoms with Gasteiger partial charge < -0.3 is 10.5 Å². The summed E-state index contributed by atoms with van der Waals surface area (Å²) in [5.41, 5.74) is 6.84. The highest BCUT2D eigenvalue weighted by Gasteiger charge is 2.11. The van der Waals surface area contributed by atoms with Gasteiger partial charge in [0.15, 0.2) is 6.61 Å². The third-order valence-corrected chi connectivity index (χ3v) is 2.68. The molecule has 0 aromatic heterocycles. The summed E-state index contributed by atoms with van der Waals surface area (Å²) in [6.45, 7) is 1.94. The van der Waals surface area contributed by atoms with Gasteiger partial charge in [-0.2, -0.15) is 5.26 Å². The highest BCUT2D eigenvalue weighted by molar-refractivity contribution is 5.89. The molecule has 0 heterocycles. The lowest BCUT2D eigenvalue weighted by atomic mass is 10.0. The smallest absolute Gasteiger partial charge is 0.174 e. The number of nitrogens with two attached hydrogens (primary N) is 1. The van der Waals surface area contributed by atoms with Crippen LogP contribution in [0.5, 0.6) is 5.75 Å². The summed E-state index contributed by atoms with van der Waals surface area (Å²) in [4.78, 5) is 0. The Morgan fingerprint density at radius 3 is 2.76 bits per heavy atom. The van der Waals surface area contributed by atoms with Gasteiger partial charge in [-0.1, -0.05) is 36.4 Å². The van der Waals surface area contributed by atoms with Crippen molar-refractivity contribution in [1.82, 2.24) is 0 Å². The molecule has 2 aromatic rings. The lowest BCUT2D eigenvalue weighted by Gasteiger charge is -2.15. The van der Waals surface area contributed by atoms with Crippen molar-refractivity contribution in [3.05, 3.63) is 42.0 Å². The van der Waals surface area contributed by atoms with Crippen molar-refractivity contribution < 1.29 is 4.74 Å². The molecule has 0 aliphatic rings. The Labute approximate surface area is 100 Å². The molecule has 86 valence electrons. The van der Waals surface area contributed by atoms with Crippen LogP contribution in [-0.4, -0.2) is 6.61 Å². The van der Waals surface area contributed by atoms with Crippen LogP contribution in [0.25, 0.3) is 10.8 Å². The Bertz CT molecular complexity index is 570. The number of ether oxygens (including phenoxy) is 1.